The zero-order valence-electron chi connectivity index (χ0n) is 13.7. The molecule has 4 nitrogen and oxygen atoms in total. The van der Waals surface area contributed by atoms with Crippen molar-refractivity contribution in [1.82, 2.24) is 4.98 Å². The minimum absolute atomic E-state index is 0.359. The van der Waals surface area contributed by atoms with Gasteiger partial charge in [-0.3, -0.25) is 4.98 Å². The van der Waals surface area contributed by atoms with Crippen molar-refractivity contribution in [1.29, 1.82) is 0 Å². The number of pyridine rings is 1. The Bertz CT molecular complexity index is 921. The second kappa shape index (κ2) is 8.48. The number of nitrogens with zero attached hydrogens (tertiary/aromatic N) is 2. The molecular weight excluding hydrogens is 331 g/mol. The molecule has 3 rings (SSSR count). The molecule has 0 fully saturated rings. The van der Waals surface area contributed by atoms with Gasteiger partial charge >= 0.3 is 5.97 Å². The van der Waals surface area contributed by atoms with Crippen LogP contribution < -0.4 is 0 Å². The standard InChI is InChI=1S/C21H15FN2O2/c22-19-11-9-17(10-12-19)21(18-7-4-14-23-15-18)24-26-20(25)13-8-16-5-2-1-3-6-16/h1-15H/b13-8+,24-21-. The Morgan fingerprint density at radius 2 is 1.73 bits per heavy atom. The van der Waals surface area contributed by atoms with Gasteiger partial charge in [0.1, 0.15) is 11.5 Å². The molecule has 0 saturated carbocycles. The predicted molar refractivity (Wildman–Crippen MR) is 97.8 cm³/mol. The summed E-state index contributed by atoms with van der Waals surface area (Å²) >= 11 is 0. The normalized spacial score (nSPS) is 11.5. The van der Waals surface area contributed by atoms with Gasteiger partial charge < -0.3 is 4.84 Å². The summed E-state index contributed by atoms with van der Waals surface area (Å²) in [5, 5.41) is 3.96. The Balaban J connectivity index is 1.81. The van der Waals surface area contributed by atoms with E-state index in [0.29, 0.717) is 16.8 Å². The molecule has 0 bridgehead atoms. The maximum Gasteiger partial charge on any atom is 0.358 e. The van der Waals surface area contributed by atoms with Gasteiger partial charge in [0, 0.05) is 29.6 Å². The van der Waals surface area contributed by atoms with E-state index in [9.17, 15) is 9.18 Å². The predicted octanol–water partition coefficient (Wildman–Crippen LogP) is 4.23. The summed E-state index contributed by atoms with van der Waals surface area (Å²) in [7, 11) is 0. The SMILES string of the molecule is O=C(/C=C/c1ccccc1)O/N=C(/c1ccc(F)cc1)c1cccnc1. The van der Waals surface area contributed by atoms with Crippen LogP contribution >= 0.6 is 0 Å². The van der Waals surface area contributed by atoms with Gasteiger partial charge in [0.25, 0.3) is 0 Å². The second-order valence-corrected chi connectivity index (χ2v) is 5.34. The molecule has 3 aromatic rings. The number of aromatic nitrogens is 1. The lowest BCUT2D eigenvalue weighted by molar-refractivity contribution is -0.137. The summed E-state index contributed by atoms with van der Waals surface area (Å²) in [4.78, 5) is 21.0. The molecule has 1 aromatic heterocycles. The summed E-state index contributed by atoms with van der Waals surface area (Å²) < 4.78 is 13.2. The van der Waals surface area contributed by atoms with E-state index in [1.54, 1.807) is 42.7 Å². The molecule has 0 saturated heterocycles. The lowest BCUT2D eigenvalue weighted by Crippen LogP contribution is -2.07. The lowest BCUT2D eigenvalue weighted by Gasteiger charge is -2.05. The molecule has 0 radical (unpaired) electrons. The first-order valence-electron chi connectivity index (χ1n) is 7.91. The van der Waals surface area contributed by atoms with Crippen LogP contribution in [-0.4, -0.2) is 16.7 Å². The van der Waals surface area contributed by atoms with Crippen molar-refractivity contribution < 1.29 is 14.0 Å². The van der Waals surface area contributed by atoms with Crippen molar-refractivity contribution in [2.75, 3.05) is 0 Å². The van der Waals surface area contributed by atoms with Crippen molar-refractivity contribution in [3.05, 3.63) is 108 Å². The van der Waals surface area contributed by atoms with E-state index >= 15 is 0 Å². The Morgan fingerprint density at radius 1 is 0.962 bits per heavy atom. The van der Waals surface area contributed by atoms with Crippen LogP contribution in [0.25, 0.3) is 6.08 Å². The number of halogens is 1. The molecule has 0 aliphatic heterocycles. The molecule has 2 aromatic carbocycles. The minimum Gasteiger partial charge on any atom is -0.313 e. The van der Waals surface area contributed by atoms with Gasteiger partial charge in [-0.25, -0.2) is 9.18 Å². The van der Waals surface area contributed by atoms with Crippen molar-refractivity contribution >= 4 is 17.8 Å². The average molecular weight is 346 g/mol. The molecule has 0 unspecified atom stereocenters. The summed E-state index contributed by atoms with van der Waals surface area (Å²) in [6.45, 7) is 0. The fourth-order valence-electron chi connectivity index (χ4n) is 2.23. The monoisotopic (exact) mass is 346 g/mol. The summed E-state index contributed by atoms with van der Waals surface area (Å²) in [5.41, 5.74) is 2.53. The summed E-state index contributed by atoms with van der Waals surface area (Å²) in [6, 6.07) is 18.7. The van der Waals surface area contributed by atoms with Crippen molar-refractivity contribution in [2.45, 2.75) is 0 Å². The first-order chi connectivity index (χ1) is 12.7. The number of carbonyl (C=O) groups is 1. The number of rotatable bonds is 5. The molecule has 0 amide bonds. The van der Waals surface area contributed by atoms with E-state index in [0.717, 1.165) is 5.56 Å². The van der Waals surface area contributed by atoms with Gasteiger partial charge in [0.2, 0.25) is 0 Å². The van der Waals surface area contributed by atoms with Crippen LogP contribution in [0.2, 0.25) is 0 Å². The van der Waals surface area contributed by atoms with E-state index in [4.69, 9.17) is 4.84 Å². The molecule has 0 N–H and O–H groups in total. The van der Waals surface area contributed by atoms with Crippen LogP contribution in [0.1, 0.15) is 16.7 Å². The largest absolute Gasteiger partial charge is 0.358 e. The summed E-state index contributed by atoms with van der Waals surface area (Å²) in [6.07, 6.45) is 6.15. The Morgan fingerprint density at radius 3 is 2.42 bits per heavy atom. The molecular formula is C21H15FN2O2. The van der Waals surface area contributed by atoms with E-state index in [1.807, 2.05) is 30.3 Å². The quantitative estimate of drug-likeness (QED) is 0.301. The first-order valence-corrected chi connectivity index (χ1v) is 7.91. The molecule has 0 spiro atoms. The highest BCUT2D eigenvalue weighted by Crippen LogP contribution is 2.12. The molecule has 1 heterocycles. The van der Waals surface area contributed by atoms with Crippen LogP contribution in [0.4, 0.5) is 4.39 Å². The third-order valence-electron chi connectivity index (χ3n) is 3.49. The molecule has 128 valence electrons. The minimum atomic E-state index is -0.614. The van der Waals surface area contributed by atoms with Gasteiger partial charge in [0.15, 0.2) is 0 Å². The molecule has 26 heavy (non-hydrogen) atoms. The number of hydrogen-bond acceptors (Lipinski definition) is 4. The smallest absolute Gasteiger partial charge is 0.313 e. The van der Waals surface area contributed by atoms with Crippen LogP contribution in [0.5, 0.6) is 0 Å². The van der Waals surface area contributed by atoms with Gasteiger partial charge in [-0.2, -0.15) is 0 Å². The number of carbonyl (C=O) groups excluding carboxylic acids is 1. The third-order valence-corrected chi connectivity index (χ3v) is 3.49. The van der Waals surface area contributed by atoms with Gasteiger partial charge in [0.05, 0.1) is 0 Å². The van der Waals surface area contributed by atoms with E-state index in [2.05, 4.69) is 10.1 Å². The molecule has 0 aliphatic carbocycles. The van der Waals surface area contributed by atoms with Crippen LogP contribution in [-0.2, 0) is 9.63 Å². The Kier molecular flexibility index (Phi) is 5.62. The molecule has 5 heteroatoms. The highest BCUT2D eigenvalue weighted by atomic mass is 19.1. The Labute approximate surface area is 150 Å². The van der Waals surface area contributed by atoms with Gasteiger partial charge in [-0.05, 0) is 48.0 Å². The van der Waals surface area contributed by atoms with Crippen molar-refractivity contribution in [3.8, 4) is 0 Å². The van der Waals surface area contributed by atoms with Crippen LogP contribution in [0.3, 0.4) is 0 Å². The highest BCUT2D eigenvalue weighted by Gasteiger charge is 2.09. The second-order valence-electron chi connectivity index (χ2n) is 5.34. The number of benzene rings is 2. The van der Waals surface area contributed by atoms with Crippen LogP contribution in [0, 0.1) is 5.82 Å². The number of oxime groups is 1. The maximum absolute atomic E-state index is 13.2. The van der Waals surface area contributed by atoms with Gasteiger partial charge in [-0.1, -0.05) is 35.5 Å². The topological polar surface area (TPSA) is 51.5 Å². The fraction of sp³-hybridized carbons (Fsp3) is 0. The third kappa shape index (κ3) is 4.70. The van der Waals surface area contributed by atoms with E-state index < -0.39 is 5.97 Å². The summed E-state index contributed by atoms with van der Waals surface area (Å²) in [5.74, 6) is -0.973. The number of hydrogen-bond donors (Lipinski definition) is 0. The average Bonchev–Trinajstić information content (AvgIpc) is 2.69. The van der Waals surface area contributed by atoms with Crippen molar-refractivity contribution in [3.63, 3.8) is 0 Å². The van der Waals surface area contributed by atoms with Crippen LogP contribution in [0.15, 0.2) is 90.4 Å². The zero-order chi connectivity index (χ0) is 18.2. The zero-order valence-corrected chi connectivity index (χ0v) is 13.7. The van der Waals surface area contributed by atoms with E-state index in [-0.39, 0.29) is 5.82 Å². The van der Waals surface area contributed by atoms with E-state index in [1.165, 1.54) is 18.2 Å². The van der Waals surface area contributed by atoms with Crippen molar-refractivity contribution in [2.24, 2.45) is 5.16 Å². The molecule has 0 aliphatic rings. The highest BCUT2D eigenvalue weighted by molar-refractivity contribution is 6.12. The fourth-order valence-corrected chi connectivity index (χ4v) is 2.23. The Hall–Kier alpha value is -3.60. The van der Waals surface area contributed by atoms with Gasteiger partial charge in [-0.15, -0.1) is 0 Å². The lowest BCUT2D eigenvalue weighted by atomic mass is 10.0. The molecule has 0 atom stereocenters. The first kappa shape index (κ1) is 17.2. The maximum atomic E-state index is 13.2.